The number of carboxylic acid groups (broad SMARTS) is 1. The Labute approximate surface area is 110 Å². The SMILES string of the molecule is [N-]=[N+]=NCCCNC(=O)OC[C@@H](N)CCCC(=O)O. The summed E-state index contributed by atoms with van der Waals surface area (Å²) in [5.41, 5.74) is 13.7. The van der Waals surface area contributed by atoms with Crippen LogP contribution in [0.4, 0.5) is 4.79 Å². The van der Waals surface area contributed by atoms with E-state index in [0.717, 1.165) is 0 Å². The standard InChI is InChI=1S/C10H19N5O4/c11-8(3-1-4-9(16)17)7-19-10(18)13-5-2-6-14-15-12/h8H,1-7,11H2,(H,13,18)(H,16,17)/t8-/m0/s1. The Morgan fingerprint density at radius 2 is 2.21 bits per heavy atom. The Hall–Kier alpha value is -1.99. The number of carboxylic acids is 1. The third-order valence-electron chi connectivity index (χ3n) is 2.16. The molecule has 0 saturated carbocycles. The van der Waals surface area contributed by atoms with E-state index >= 15 is 0 Å². The minimum Gasteiger partial charge on any atom is -0.481 e. The first-order valence-corrected chi connectivity index (χ1v) is 5.95. The smallest absolute Gasteiger partial charge is 0.407 e. The Morgan fingerprint density at radius 1 is 1.47 bits per heavy atom. The summed E-state index contributed by atoms with van der Waals surface area (Å²) in [5.74, 6) is -0.870. The van der Waals surface area contributed by atoms with E-state index in [-0.39, 0.29) is 19.1 Å². The summed E-state index contributed by atoms with van der Waals surface area (Å²) >= 11 is 0. The fourth-order valence-corrected chi connectivity index (χ4v) is 1.22. The molecule has 9 nitrogen and oxygen atoms in total. The molecule has 0 spiro atoms. The Morgan fingerprint density at radius 3 is 2.84 bits per heavy atom. The van der Waals surface area contributed by atoms with Crippen LogP contribution >= 0.6 is 0 Å². The predicted molar refractivity (Wildman–Crippen MR) is 67.4 cm³/mol. The van der Waals surface area contributed by atoms with E-state index in [9.17, 15) is 9.59 Å². The van der Waals surface area contributed by atoms with Crippen LogP contribution in [0.1, 0.15) is 25.7 Å². The molecule has 0 heterocycles. The van der Waals surface area contributed by atoms with Gasteiger partial charge in [-0.15, -0.1) is 0 Å². The number of aliphatic carboxylic acids is 1. The number of amides is 1. The summed E-state index contributed by atoms with van der Waals surface area (Å²) in [6.07, 6.45) is 0.933. The van der Waals surface area contributed by atoms with Gasteiger partial charge in [-0.05, 0) is 24.8 Å². The topological polar surface area (TPSA) is 150 Å². The molecule has 0 aliphatic rings. The first-order valence-electron chi connectivity index (χ1n) is 5.95. The van der Waals surface area contributed by atoms with Crippen molar-refractivity contribution in [2.75, 3.05) is 19.7 Å². The van der Waals surface area contributed by atoms with Crippen LogP contribution in [-0.2, 0) is 9.53 Å². The minimum absolute atomic E-state index is 0.0435. The van der Waals surface area contributed by atoms with Gasteiger partial charge in [-0.25, -0.2) is 4.79 Å². The van der Waals surface area contributed by atoms with E-state index < -0.39 is 12.1 Å². The summed E-state index contributed by atoms with van der Waals surface area (Å²) < 4.78 is 4.84. The quantitative estimate of drug-likeness (QED) is 0.235. The van der Waals surface area contributed by atoms with Gasteiger partial charge in [0.2, 0.25) is 0 Å². The molecule has 0 aliphatic carbocycles. The number of hydrogen-bond acceptors (Lipinski definition) is 5. The minimum atomic E-state index is -0.870. The molecule has 0 radical (unpaired) electrons. The van der Waals surface area contributed by atoms with Crippen molar-refractivity contribution >= 4 is 12.1 Å². The van der Waals surface area contributed by atoms with Gasteiger partial charge in [-0.3, -0.25) is 4.79 Å². The third-order valence-corrected chi connectivity index (χ3v) is 2.16. The summed E-state index contributed by atoms with van der Waals surface area (Å²) in [5, 5.41) is 14.2. The van der Waals surface area contributed by atoms with E-state index in [1.807, 2.05) is 0 Å². The van der Waals surface area contributed by atoms with Crippen molar-refractivity contribution < 1.29 is 19.4 Å². The molecule has 9 heteroatoms. The van der Waals surface area contributed by atoms with Gasteiger partial charge >= 0.3 is 12.1 Å². The van der Waals surface area contributed by atoms with Crippen molar-refractivity contribution in [2.45, 2.75) is 31.7 Å². The number of azide groups is 1. The maximum absolute atomic E-state index is 11.2. The average Bonchev–Trinajstić information content (AvgIpc) is 2.35. The van der Waals surface area contributed by atoms with Gasteiger partial charge < -0.3 is 20.9 Å². The van der Waals surface area contributed by atoms with Crippen molar-refractivity contribution in [2.24, 2.45) is 10.8 Å². The monoisotopic (exact) mass is 273 g/mol. The number of rotatable bonds is 10. The lowest BCUT2D eigenvalue weighted by Crippen LogP contribution is -2.32. The molecule has 0 rings (SSSR count). The van der Waals surface area contributed by atoms with Crippen LogP contribution < -0.4 is 11.1 Å². The van der Waals surface area contributed by atoms with Crippen LogP contribution in [0.5, 0.6) is 0 Å². The lowest BCUT2D eigenvalue weighted by molar-refractivity contribution is -0.137. The highest BCUT2D eigenvalue weighted by atomic mass is 16.5. The van der Waals surface area contributed by atoms with Gasteiger partial charge in [0.25, 0.3) is 0 Å². The number of nitrogens with zero attached hydrogens (tertiary/aromatic N) is 3. The van der Waals surface area contributed by atoms with Gasteiger partial charge in [0.1, 0.15) is 6.61 Å². The highest BCUT2D eigenvalue weighted by molar-refractivity contribution is 5.67. The molecule has 0 saturated heterocycles. The molecule has 1 atom stereocenters. The summed E-state index contributed by atoms with van der Waals surface area (Å²) in [7, 11) is 0. The molecule has 0 unspecified atom stereocenters. The van der Waals surface area contributed by atoms with Gasteiger partial charge in [-0.2, -0.15) is 0 Å². The van der Waals surface area contributed by atoms with E-state index in [2.05, 4.69) is 15.3 Å². The lowest BCUT2D eigenvalue weighted by Gasteiger charge is -2.12. The normalized spacial score (nSPS) is 11.2. The van der Waals surface area contributed by atoms with E-state index in [1.165, 1.54) is 0 Å². The van der Waals surface area contributed by atoms with Crippen LogP contribution in [-0.4, -0.2) is 42.9 Å². The van der Waals surface area contributed by atoms with Gasteiger partial charge in [0.05, 0.1) is 0 Å². The second-order valence-corrected chi connectivity index (χ2v) is 3.88. The molecule has 0 aromatic rings. The van der Waals surface area contributed by atoms with Gasteiger partial charge in [0.15, 0.2) is 0 Å². The number of nitrogens with two attached hydrogens (primary N) is 1. The van der Waals surface area contributed by atoms with Crippen molar-refractivity contribution in [1.29, 1.82) is 0 Å². The van der Waals surface area contributed by atoms with Crippen molar-refractivity contribution in [3.05, 3.63) is 10.4 Å². The highest BCUT2D eigenvalue weighted by Crippen LogP contribution is 1.99. The van der Waals surface area contributed by atoms with Crippen molar-refractivity contribution in [1.82, 2.24) is 5.32 Å². The first kappa shape index (κ1) is 17.0. The molecule has 19 heavy (non-hydrogen) atoms. The molecule has 0 aromatic carbocycles. The van der Waals surface area contributed by atoms with Crippen LogP contribution in [0.15, 0.2) is 5.11 Å². The van der Waals surface area contributed by atoms with Gasteiger partial charge in [-0.1, -0.05) is 5.11 Å². The fraction of sp³-hybridized carbons (Fsp3) is 0.800. The maximum atomic E-state index is 11.2. The summed E-state index contributed by atoms with van der Waals surface area (Å²) in [6, 6.07) is -0.367. The number of nitrogens with one attached hydrogen (secondary N) is 1. The lowest BCUT2D eigenvalue weighted by atomic mass is 10.1. The number of hydrogen-bond donors (Lipinski definition) is 3. The second kappa shape index (κ2) is 11.1. The molecule has 1 amide bonds. The summed E-state index contributed by atoms with van der Waals surface area (Å²) in [4.78, 5) is 24.0. The Bertz CT molecular complexity index is 330. The van der Waals surface area contributed by atoms with E-state index in [1.54, 1.807) is 0 Å². The highest BCUT2D eigenvalue weighted by Gasteiger charge is 2.08. The zero-order valence-electron chi connectivity index (χ0n) is 10.6. The molecule has 0 fully saturated rings. The molecular weight excluding hydrogens is 254 g/mol. The molecule has 0 aromatic heterocycles. The largest absolute Gasteiger partial charge is 0.481 e. The predicted octanol–water partition coefficient (Wildman–Crippen LogP) is 0.995. The molecule has 108 valence electrons. The van der Waals surface area contributed by atoms with E-state index in [0.29, 0.717) is 32.4 Å². The average molecular weight is 273 g/mol. The van der Waals surface area contributed by atoms with Gasteiger partial charge in [0, 0.05) is 30.5 Å². The summed E-state index contributed by atoms with van der Waals surface area (Å²) in [6.45, 7) is 0.708. The van der Waals surface area contributed by atoms with Crippen molar-refractivity contribution in [3.8, 4) is 0 Å². The Balaban J connectivity index is 3.49. The molecular formula is C10H19N5O4. The van der Waals surface area contributed by atoms with E-state index in [4.69, 9.17) is 21.1 Å². The maximum Gasteiger partial charge on any atom is 0.407 e. The molecule has 0 aliphatic heterocycles. The Kier molecular flexibility index (Phi) is 9.96. The number of alkyl carbamates (subject to hydrolysis) is 1. The number of carbonyl (C=O) groups excluding carboxylic acids is 1. The van der Waals surface area contributed by atoms with Crippen LogP contribution in [0.3, 0.4) is 0 Å². The van der Waals surface area contributed by atoms with Crippen LogP contribution in [0.25, 0.3) is 10.4 Å². The van der Waals surface area contributed by atoms with Crippen LogP contribution in [0, 0.1) is 0 Å². The molecule has 0 bridgehead atoms. The molecule has 4 N–H and O–H groups in total. The van der Waals surface area contributed by atoms with Crippen molar-refractivity contribution in [3.63, 3.8) is 0 Å². The fourth-order valence-electron chi connectivity index (χ4n) is 1.22. The second-order valence-electron chi connectivity index (χ2n) is 3.88. The number of ether oxygens (including phenoxy) is 1. The zero-order valence-corrected chi connectivity index (χ0v) is 10.6. The zero-order chi connectivity index (χ0) is 14.5. The van der Waals surface area contributed by atoms with Crippen LogP contribution in [0.2, 0.25) is 0 Å². The number of carbonyl (C=O) groups is 2. The first-order chi connectivity index (χ1) is 9.06. The third kappa shape index (κ3) is 12.3.